The number of carbonyl (C=O) groups is 1. The molecule has 0 aliphatic carbocycles. The number of hydrogen-bond donors (Lipinski definition) is 2. The van der Waals surface area contributed by atoms with Crippen molar-refractivity contribution in [1.29, 1.82) is 0 Å². The Morgan fingerprint density at radius 1 is 0.952 bits per heavy atom. The lowest BCUT2D eigenvalue weighted by Crippen LogP contribution is -2.10. The number of nitrogens with one attached hydrogen (secondary N) is 2. The topological polar surface area (TPSA) is 50.4 Å². The highest BCUT2D eigenvalue weighted by atomic mass is 16.5. The zero-order valence-electron chi connectivity index (χ0n) is 12.1. The maximum absolute atomic E-state index is 11.9. The van der Waals surface area contributed by atoms with Gasteiger partial charge in [-0.05, 0) is 43.3 Å². The summed E-state index contributed by atoms with van der Waals surface area (Å²) < 4.78 is 5.10. The Bertz CT molecular complexity index is 619. The molecule has 2 rings (SSSR count). The molecular formula is C17H18N2O2. The lowest BCUT2D eigenvalue weighted by Gasteiger charge is -2.08. The maximum atomic E-state index is 11.9. The summed E-state index contributed by atoms with van der Waals surface area (Å²) in [5.41, 5.74) is 2.43. The third kappa shape index (κ3) is 4.69. The first-order valence-corrected chi connectivity index (χ1v) is 6.63. The number of benzene rings is 2. The Hall–Kier alpha value is -2.75. The first-order valence-electron chi connectivity index (χ1n) is 6.63. The van der Waals surface area contributed by atoms with E-state index < -0.39 is 0 Å². The van der Waals surface area contributed by atoms with Crippen molar-refractivity contribution in [3.63, 3.8) is 0 Å². The fourth-order valence-electron chi connectivity index (χ4n) is 1.83. The molecule has 0 aromatic heterocycles. The smallest absolute Gasteiger partial charge is 0.250 e. The molecule has 0 radical (unpaired) electrons. The van der Waals surface area contributed by atoms with Crippen molar-refractivity contribution in [3.8, 4) is 5.75 Å². The van der Waals surface area contributed by atoms with Gasteiger partial charge >= 0.3 is 0 Å². The predicted molar refractivity (Wildman–Crippen MR) is 85.4 cm³/mol. The van der Waals surface area contributed by atoms with Crippen LogP contribution in [0.1, 0.15) is 6.92 Å². The molecule has 2 N–H and O–H groups in total. The second kappa shape index (κ2) is 7.14. The second-order valence-corrected chi connectivity index (χ2v) is 4.54. The van der Waals surface area contributed by atoms with E-state index in [9.17, 15) is 4.79 Å². The van der Waals surface area contributed by atoms with Crippen LogP contribution < -0.4 is 15.4 Å². The van der Waals surface area contributed by atoms with E-state index in [4.69, 9.17) is 4.74 Å². The van der Waals surface area contributed by atoms with Crippen molar-refractivity contribution in [2.24, 2.45) is 0 Å². The summed E-state index contributed by atoms with van der Waals surface area (Å²) in [5, 5.41) is 5.96. The molecule has 0 heterocycles. The molecular weight excluding hydrogens is 264 g/mol. The van der Waals surface area contributed by atoms with Crippen molar-refractivity contribution in [2.75, 3.05) is 17.7 Å². The van der Waals surface area contributed by atoms with E-state index in [1.807, 2.05) is 61.5 Å². The third-order valence-electron chi connectivity index (χ3n) is 2.82. The van der Waals surface area contributed by atoms with Crippen LogP contribution in [0, 0.1) is 0 Å². The number of amides is 1. The molecule has 0 spiro atoms. The summed E-state index contributed by atoms with van der Waals surface area (Å²) in [6.07, 6.45) is 1.53. The summed E-state index contributed by atoms with van der Waals surface area (Å²) in [6, 6.07) is 16.9. The van der Waals surface area contributed by atoms with Crippen LogP contribution in [0.15, 0.2) is 66.4 Å². The van der Waals surface area contributed by atoms with Gasteiger partial charge in [-0.2, -0.15) is 0 Å². The molecule has 0 aliphatic rings. The highest BCUT2D eigenvalue weighted by Crippen LogP contribution is 2.16. The number of methoxy groups -OCH3 is 1. The van der Waals surface area contributed by atoms with Gasteiger partial charge in [0.1, 0.15) is 5.75 Å². The van der Waals surface area contributed by atoms with Gasteiger partial charge < -0.3 is 15.4 Å². The van der Waals surface area contributed by atoms with Gasteiger partial charge in [-0.25, -0.2) is 0 Å². The number of ether oxygens (including phenoxy) is 1. The zero-order chi connectivity index (χ0) is 15.1. The van der Waals surface area contributed by atoms with E-state index >= 15 is 0 Å². The van der Waals surface area contributed by atoms with Crippen LogP contribution in [0.3, 0.4) is 0 Å². The Balaban J connectivity index is 1.95. The molecule has 0 saturated heterocycles. The molecule has 0 unspecified atom stereocenters. The standard InChI is InChI=1S/C17H18N2O2/c1-13(18-15-8-10-16(21-2)11-9-15)12-17(20)19-14-6-4-3-5-7-14/h3-12,18H,1-2H3,(H,19,20). The lowest BCUT2D eigenvalue weighted by atomic mass is 10.3. The molecule has 0 aliphatic heterocycles. The van der Waals surface area contributed by atoms with Crippen molar-refractivity contribution < 1.29 is 9.53 Å². The van der Waals surface area contributed by atoms with Crippen molar-refractivity contribution in [3.05, 3.63) is 66.4 Å². The Kier molecular flexibility index (Phi) is 4.99. The maximum Gasteiger partial charge on any atom is 0.250 e. The molecule has 0 bridgehead atoms. The first kappa shape index (κ1) is 14.7. The van der Waals surface area contributed by atoms with Crippen LogP contribution >= 0.6 is 0 Å². The Labute approximate surface area is 124 Å². The van der Waals surface area contributed by atoms with Gasteiger partial charge in [0.05, 0.1) is 7.11 Å². The average Bonchev–Trinajstić information content (AvgIpc) is 2.48. The van der Waals surface area contributed by atoms with Crippen LogP contribution in [0.4, 0.5) is 11.4 Å². The molecule has 4 heteroatoms. The number of rotatable bonds is 5. The Morgan fingerprint density at radius 2 is 1.57 bits per heavy atom. The van der Waals surface area contributed by atoms with Crippen LogP contribution in [0.2, 0.25) is 0 Å². The minimum absolute atomic E-state index is 0.167. The van der Waals surface area contributed by atoms with E-state index in [0.717, 1.165) is 22.8 Å². The minimum atomic E-state index is -0.167. The molecule has 0 fully saturated rings. The third-order valence-corrected chi connectivity index (χ3v) is 2.82. The molecule has 1 amide bonds. The highest BCUT2D eigenvalue weighted by Gasteiger charge is 2.00. The predicted octanol–water partition coefficient (Wildman–Crippen LogP) is 3.65. The monoisotopic (exact) mass is 282 g/mol. The first-order chi connectivity index (χ1) is 10.2. The number of allylic oxidation sites excluding steroid dienone is 1. The quantitative estimate of drug-likeness (QED) is 0.823. The van der Waals surface area contributed by atoms with Crippen molar-refractivity contribution >= 4 is 17.3 Å². The number of hydrogen-bond acceptors (Lipinski definition) is 3. The van der Waals surface area contributed by atoms with E-state index in [-0.39, 0.29) is 5.91 Å². The Morgan fingerprint density at radius 3 is 2.19 bits per heavy atom. The fraction of sp³-hybridized carbons (Fsp3) is 0.118. The number of anilines is 2. The van der Waals surface area contributed by atoms with Crippen LogP contribution in [0.25, 0.3) is 0 Å². The summed E-state index contributed by atoms with van der Waals surface area (Å²) >= 11 is 0. The van der Waals surface area contributed by atoms with Gasteiger partial charge in [0.2, 0.25) is 5.91 Å². The summed E-state index contributed by atoms with van der Waals surface area (Å²) in [5.74, 6) is 0.628. The molecule has 0 atom stereocenters. The number of carbonyl (C=O) groups excluding carboxylic acids is 1. The second-order valence-electron chi connectivity index (χ2n) is 4.54. The number of para-hydroxylation sites is 1. The van der Waals surface area contributed by atoms with E-state index in [1.165, 1.54) is 6.08 Å². The van der Waals surface area contributed by atoms with E-state index in [0.29, 0.717) is 0 Å². The summed E-state index contributed by atoms with van der Waals surface area (Å²) in [4.78, 5) is 11.9. The summed E-state index contributed by atoms with van der Waals surface area (Å²) in [6.45, 7) is 1.84. The van der Waals surface area contributed by atoms with Crippen LogP contribution in [0.5, 0.6) is 5.75 Å². The van der Waals surface area contributed by atoms with Gasteiger partial charge in [0, 0.05) is 23.1 Å². The van der Waals surface area contributed by atoms with Gasteiger partial charge in [-0.1, -0.05) is 18.2 Å². The summed E-state index contributed by atoms with van der Waals surface area (Å²) in [7, 11) is 1.63. The average molecular weight is 282 g/mol. The minimum Gasteiger partial charge on any atom is -0.497 e. The largest absolute Gasteiger partial charge is 0.497 e. The fourth-order valence-corrected chi connectivity index (χ4v) is 1.83. The highest BCUT2D eigenvalue weighted by molar-refractivity contribution is 5.99. The molecule has 2 aromatic carbocycles. The lowest BCUT2D eigenvalue weighted by molar-refractivity contribution is -0.111. The van der Waals surface area contributed by atoms with Crippen molar-refractivity contribution in [1.82, 2.24) is 0 Å². The van der Waals surface area contributed by atoms with Gasteiger partial charge in [0.25, 0.3) is 0 Å². The van der Waals surface area contributed by atoms with Crippen LogP contribution in [-0.2, 0) is 4.79 Å². The normalized spacial score (nSPS) is 10.9. The molecule has 4 nitrogen and oxygen atoms in total. The SMILES string of the molecule is COc1ccc(NC(C)=CC(=O)Nc2ccccc2)cc1. The zero-order valence-corrected chi connectivity index (χ0v) is 12.1. The molecule has 21 heavy (non-hydrogen) atoms. The molecule has 108 valence electrons. The van der Waals surface area contributed by atoms with Gasteiger partial charge in [-0.3, -0.25) is 4.79 Å². The molecule has 0 saturated carbocycles. The van der Waals surface area contributed by atoms with Crippen molar-refractivity contribution in [2.45, 2.75) is 6.92 Å². The van der Waals surface area contributed by atoms with Gasteiger partial charge in [-0.15, -0.1) is 0 Å². The van der Waals surface area contributed by atoms with E-state index in [2.05, 4.69) is 10.6 Å². The van der Waals surface area contributed by atoms with Crippen LogP contribution in [-0.4, -0.2) is 13.0 Å². The van der Waals surface area contributed by atoms with E-state index in [1.54, 1.807) is 7.11 Å². The molecule has 2 aromatic rings. The van der Waals surface area contributed by atoms with Gasteiger partial charge in [0.15, 0.2) is 0 Å².